The molecule has 2 amide bonds. The van der Waals surface area contributed by atoms with Crippen LogP contribution in [0.1, 0.15) is 36.1 Å². The second-order valence-electron chi connectivity index (χ2n) is 9.89. The van der Waals surface area contributed by atoms with Crippen LogP contribution < -0.4 is 25.3 Å². The Morgan fingerprint density at radius 3 is 2.58 bits per heavy atom. The van der Waals surface area contributed by atoms with E-state index in [1.807, 2.05) is 0 Å². The second kappa shape index (κ2) is 12.7. The molecule has 0 aliphatic carbocycles. The van der Waals surface area contributed by atoms with Crippen molar-refractivity contribution in [1.82, 2.24) is 9.88 Å². The van der Waals surface area contributed by atoms with Crippen LogP contribution in [0.3, 0.4) is 0 Å². The summed E-state index contributed by atoms with van der Waals surface area (Å²) in [7, 11) is 4.10. The summed E-state index contributed by atoms with van der Waals surface area (Å²) in [5, 5.41) is 4.11. The van der Waals surface area contributed by atoms with Crippen LogP contribution in [0, 0.1) is 5.82 Å². The molecule has 0 spiro atoms. The second-order valence-corrected chi connectivity index (χ2v) is 10.4. The average Bonchev–Trinajstić information content (AvgIpc) is 3.50. The molecule has 3 N–H and O–H groups in total. The lowest BCUT2D eigenvalue weighted by molar-refractivity contribution is -0.140. The molecule has 0 unspecified atom stereocenters. The number of methoxy groups -OCH3 is 3. The van der Waals surface area contributed by atoms with E-state index in [9.17, 15) is 9.59 Å². The van der Waals surface area contributed by atoms with Gasteiger partial charge in [-0.05, 0) is 72.3 Å². The van der Waals surface area contributed by atoms with Crippen LogP contribution in [0.25, 0.3) is 10.8 Å². The van der Waals surface area contributed by atoms with Crippen molar-refractivity contribution in [3.63, 3.8) is 0 Å². The Hall–Kier alpha value is -4.71. The number of rotatable bonds is 8. The zero-order valence-electron chi connectivity index (χ0n) is 23.8. The van der Waals surface area contributed by atoms with E-state index in [0.29, 0.717) is 41.5 Å². The summed E-state index contributed by atoms with van der Waals surface area (Å²) >= 11 is 4.63. The van der Waals surface area contributed by atoms with Gasteiger partial charge in [0.1, 0.15) is 17.4 Å². The van der Waals surface area contributed by atoms with Gasteiger partial charge in [0.25, 0.3) is 5.91 Å². The molecule has 2 heterocycles. The van der Waals surface area contributed by atoms with E-state index in [4.69, 9.17) is 24.7 Å². The van der Waals surface area contributed by atoms with E-state index in [2.05, 4.69) is 22.9 Å². The van der Waals surface area contributed by atoms with Gasteiger partial charge < -0.3 is 29.6 Å². The Labute approximate surface area is 253 Å². The highest BCUT2D eigenvalue weighted by Crippen LogP contribution is 2.41. The standard InChI is InChI=1S/C31H31FN4O6S/c1-39-25-15-21(23(32)16-26(25)40-2)28(42-19-7-8-20-17(13-19)10-11-34-29(20)33)30(37)36-12-4-5-24(36)22-14-18(6-9-27(22)43)35-31(38)41-3/h6-11,13-16,24,28,43H,4-5,12H2,1-3H3,(H2,33,34)(H,35,38)/t24-,28+/m1/s1. The van der Waals surface area contributed by atoms with Gasteiger partial charge in [0.15, 0.2) is 11.5 Å². The minimum absolute atomic E-state index is 0.0187. The minimum atomic E-state index is -1.38. The predicted molar refractivity (Wildman–Crippen MR) is 162 cm³/mol. The lowest BCUT2D eigenvalue weighted by Crippen LogP contribution is -2.37. The first-order valence-corrected chi connectivity index (χ1v) is 13.9. The maximum absolute atomic E-state index is 15.7. The highest BCUT2D eigenvalue weighted by Gasteiger charge is 2.38. The number of benzene rings is 3. The number of nitrogen functional groups attached to an aromatic ring is 1. The molecule has 5 rings (SSSR count). The molecular formula is C31H31FN4O6S. The molecule has 4 aromatic rings. The third-order valence-corrected chi connectivity index (χ3v) is 7.79. The van der Waals surface area contributed by atoms with Crippen LogP contribution in [0.15, 0.2) is 65.7 Å². The summed E-state index contributed by atoms with van der Waals surface area (Å²) in [6.45, 7) is 0.403. The predicted octanol–water partition coefficient (Wildman–Crippen LogP) is 5.92. The summed E-state index contributed by atoms with van der Waals surface area (Å²) in [6, 6.07) is 14.3. The first-order valence-electron chi connectivity index (χ1n) is 13.4. The van der Waals surface area contributed by atoms with Crippen LogP contribution in [0.5, 0.6) is 17.2 Å². The summed E-state index contributed by atoms with van der Waals surface area (Å²) < 4.78 is 37.4. The van der Waals surface area contributed by atoms with Crippen LogP contribution >= 0.6 is 12.6 Å². The zero-order chi connectivity index (χ0) is 30.7. The number of carbonyl (C=O) groups is 2. The smallest absolute Gasteiger partial charge is 0.411 e. The number of halogens is 1. The van der Waals surface area contributed by atoms with Gasteiger partial charge in [-0.1, -0.05) is 0 Å². The number of carbonyl (C=O) groups excluding carboxylic acids is 2. The van der Waals surface area contributed by atoms with Crippen molar-refractivity contribution in [3.8, 4) is 17.2 Å². The molecule has 1 aliphatic rings. The van der Waals surface area contributed by atoms with Crippen molar-refractivity contribution >= 4 is 46.9 Å². The summed E-state index contributed by atoms with van der Waals surface area (Å²) in [5.74, 6) is -0.0381. The Morgan fingerprint density at radius 1 is 1.07 bits per heavy atom. The topological polar surface area (TPSA) is 125 Å². The summed E-state index contributed by atoms with van der Waals surface area (Å²) in [4.78, 5) is 32.6. The molecule has 1 aliphatic heterocycles. The molecule has 0 radical (unpaired) electrons. The molecule has 12 heteroatoms. The largest absolute Gasteiger partial charge is 0.493 e. The van der Waals surface area contributed by atoms with Gasteiger partial charge in [0.05, 0.1) is 27.4 Å². The van der Waals surface area contributed by atoms with Gasteiger partial charge in [-0.25, -0.2) is 14.2 Å². The molecule has 224 valence electrons. The van der Waals surface area contributed by atoms with Crippen molar-refractivity contribution < 1.29 is 32.9 Å². The number of nitrogens with two attached hydrogens (primary N) is 1. The van der Waals surface area contributed by atoms with E-state index in [0.717, 1.165) is 16.3 Å². The summed E-state index contributed by atoms with van der Waals surface area (Å²) in [6.07, 6.45) is 0.899. The highest BCUT2D eigenvalue weighted by molar-refractivity contribution is 7.80. The highest BCUT2D eigenvalue weighted by atomic mass is 32.1. The fourth-order valence-electron chi connectivity index (χ4n) is 5.28. The van der Waals surface area contributed by atoms with Crippen LogP contribution in [-0.2, 0) is 9.53 Å². The number of ether oxygens (including phenoxy) is 4. The number of fused-ring (bicyclic) bond motifs is 1. The van der Waals surface area contributed by atoms with Crippen molar-refractivity contribution in [2.45, 2.75) is 29.9 Å². The lowest BCUT2D eigenvalue weighted by Gasteiger charge is -2.31. The minimum Gasteiger partial charge on any atom is -0.493 e. The number of nitrogens with zero attached hydrogens (tertiary/aromatic N) is 2. The number of thiol groups is 1. The third kappa shape index (κ3) is 6.09. The number of amides is 2. The number of nitrogens with one attached hydrogen (secondary N) is 1. The molecular weight excluding hydrogens is 575 g/mol. The third-order valence-electron chi connectivity index (χ3n) is 7.38. The molecule has 0 bridgehead atoms. The van der Waals surface area contributed by atoms with Gasteiger partial charge in [0, 0.05) is 40.3 Å². The fourth-order valence-corrected chi connectivity index (χ4v) is 5.57. The van der Waals surface area contributed by atoms with E-state index >= 15 is 4.39 Å². The molecule has 1 aromatic heterocycles. The maximum Gasteiger partial charge on any atom is 0.411 e. The van der Waals surface area contributed by atoms with Gasteiger partial charge in [-0.15, -0.1) is 12.6 Å². The Morgan fingerprint density at radius 2 is 1.84 bits per heavy atom. The van der Waals surface area contributed by atoms with Crippen LogP contribution in [-0.4, -0.2) is 49.8 Å². The SMILES string of the molecule is COC(=O)Nc1ccc(S)c([C@H]2CCCN2C(=O)[C@@H](Oc2ccc3c(N)nccc3c2)c2cc(OC)c(OC)cc2F)c1. The van der Waals surface area contributed by atoms with Gasteiger partial charge in [-0.2, -0.15) is 0 Å². The number of hydrogen-bond acceptors (Lipinski definition) is 9. The van der Waals surface area contributed by atoms with Crippen molar-refractivity contribution in [1.29, 1.82) is 0 Å². The molecule has 10 nitrogen and oxygen atoms in total. The van der Waals surface area contributed by atoms with E-state index in [1.165, 1.54) is 33.5 Å². The molecule has 43 heavy (non-hydrogen) atoms. The van der Waals surface area contributed by atoms with Gasteiger partial charge in [-0.3, -0.25) is 10.1 Å². The average molecular weight is 607 g/mol. The number of aromatic nitrogens is 1. The van der Waals surface area contributed by atoms with Crippen LogP contribution in [0.4, 0.5) is 20.7 Å². The Kier molecular flexibility index (Phi) is 8.76. The van der Waals surface area contributed by atoms with Gasteiger partial charge in [0.2, 0.25) is 6.10 Å². The lowest BCUT2D eigenvalue weighted by atomic mass is 10.0. The monoisotopic (exact) mass is 606 g/mol. The maximum atomic E-state index is 15.7. The molecule has 1 fully saturated rings. The van der Waals surface area contributed by atoms with Gasteiger partial charge >= 0.3 is 6.09 Å². The molecule has 2 atom stereocenters. The zero-order valence-corrected chi connectivity index (χ0v) is 24.7. The quantitative estimate of drug-likeness (QED) is 0.211. The molecule has 3 aromatic carbocycles. The fraction of sp³-hybridized carbons (Fsp3) is 0.258. The number of anilines is 2. The number of pyridine rings is 1. The summed E-state index contributed by atoms with van der Waals surface area (Å²) in [5.41, 5.74) is 7.21. The first kappa shape index (κ1) is 29.8. The Balaban J connectivity index is 1.56. The number of hydrogen-bond donors (Lipinski definition) is 3. The normalized spacial score (nSPS) is 15.2. The molecule has 0 saturated carbocycles. The number of likely N-dealkylation sites (tertiary alicyclic amines) is 1. The van der Waals surface area contributed by atoms with Crippen LogP contribution in [0.2, 0.25) is 0 Å². The first-order chi connectivity index (χ1) is 20.7. The van der Waals surface area contributed by atoms with E-state index < -0.39 is 30.0 Å². The van der Waals surface area contributed by atoms with Crippen molar-refractivity contribution in [3.05, 3.63) is 77.7 Å². The molecule has 1 saturated heterocycles. The van der Waals surface area contributed by atoms with E-state index in [-0.39, 0.29) is 17.1 Å². The Bertz CT molecular complexity index is 1690. The van der Waals surface area contributed by atoms with Crippen molar-refractivity contribution in [2.24, 2.45) is 0 Å². The van der Waals surface area contributed by atoms with E-state index in [1.54, 1.807) is 53.6 Å². The van der Waals surface area contributed by atoms with Crippen molar-refractivity contribution in [2.75, 3.05) is 38.9 Å².